The van der Waals surface area contributed by atoms with Gasteiger partial charge in [0.2, 0.25) is 0 Å². The van der Waals surface area contributed by atoms with Crippen LogP contribution in [0.1, 0.15) is 11.1 Å². The van der Waals surface area contributed by atoms with E-state index < -0.39 is 0 Å². The van der Waals surface area contributed by atoms with Gasteiger partial charge >= 0.3 is 0 Å². The summed E-state index contributed by atoms with van der Waals surface area (Å²) in [5.74, 6) is 7.68. The number of allylic oxidation sites excluding steroid dienone is 1. The molecule has 1 aromatic heterocycles. The van der Waals surface area contributed by atoms with Crippen LogP contribution in [0.2, 0.25) is 0 Å². The average Bonchev–Trinajstić information content (AvgIpc) is 3.70. The Morgan fingerprint density at radius 3 is 2.24 bits per heavy atom. The Hall–Kier alpha value is -4.55. The molecule has 1 aliphatic heterocycles. The Morgan fingerprint density at radius 1 is 0.595 bits per heavy atom. The highest BCUT2D eigenvalue weighted by Gasteiger charge is 2.25. The van der Waals surface area contributed by atoms with E-state index in [2.05, 4.69) is 144 Å². The Kier molecular flexibility index (Phi) is 5.45. The zero-order valence-electron chi connectivity index (χ0n) is 22.7. The molecule has 42 heavy (non-hydrogen) atoms. The Bertz CT molecular complexity index is 2460. The maximum Gasteiger partial charge on any atom is 0.0403 e. The zero-order valence-corrected chi connectivity index (χ0v) is 24.3. The normalized spacial score (nSPS) is 17.0. The van der Waals surface area contributed by atoms with Crippen molar-refractivity contribution in [3.05, 3.63) is 142 Å². The largest absolute Gasteiger partial charge is 0.144 e. The molecular formula is C40H24S2. The Labute approximate surface area is 252 Å². The van der Waals surface area contributed by atoms with Crippen molar-refractivity contribution in [1.82, 2.24) is 0 Å². The summed E-state index contributed by atoms with van der Waals surface area (Å²) >= 11 is 3.72. The third kappa shape index (κ3) is 3.86. The van der Waals surface area contributed by atoms with Gasteiger partial charge in [0, 0.05) is 32.4 Å². The summed E-state index contributed by atoms with van der Waals surface area (Å²) in [6, 6.07) is 37.6. The van der Waals surface area contributed by atoms with Crippen LogP contribution in [0.4, 0.5) is 0 Å². The van der Waals surface area contributed by atoms with Crippen LogP contribution < -0.4 is 10.4 Å². The lowest BCUT2D eigenvalue weighted by molar-refractivity contribution is 0.929. The smallest absolute Gasteiger partial charge is 0.0403 e. The van der Waals surface area contributed by atoms with Crippen LogP contribution in [0, 0.1) is 17.8 Å². The molecule has 0 N–H and O–H groups in total. The standard InChI is InChI=1S/C40H24S2/c1-3-7-28-19-25(9-11-26(28)5-1)10-14-33-34-21-30-15-17-42-39(30)24-37(34)40(32-13-12-27-6-2-4-8-29(27)20-32)36-22-31-16-18-41-38(31)23-35(33)36/h1-9,11-13,15-24,30,39H. The molecule has 2 aliphatic rings. The van der Waals surface area contributed by atoms with Gasteiger partial charge in [0.05, 0.1) is 0 Å². The molecule has 2 unspecified atom stereocenters. The van der Waals surface area contributed by atoms with Gasteiger partial charge in [-0.25, -0.2) is 0 Å². The van der Waals surface area contributed by atoms with E-state index in [-0.39, 0.29) is 0 Å². The number of hydrogen-bond donors (Lipinski definition) is 0. The minimum atomic E-state index is 0.385. The minimum Gasteiger partial charge on any atom is -0.144 e. The monoisotopic (exact) mass is 568 g/mol. The fourth-order valence-electron chi connectivity index (χ4n) is 6.61. The molecule has 196 valence electrons. The second kappa shape index (κ2) is 9.50. The lowest BCUT2D eigenvalue weighted by atomic mass is 9.85. The molecule has 0 bridgehead atoms. The summed E-state index contributed by atoms with van der Waals surface area (Å²) in [6.45, 7) is 0. The number of thiophene rings is 1. The summed E-state index contributed by atoms with van der Waals surface area (Å²) < 4.78 is 1.30. The van der Waals surface area contributed by atoms with Crippen molar-refractivity contribution >= 4 is 77.7 Å². The van der Waals surface area contributed by atoms with E-state index >= 15 is 0 Å². The second-order valence-electron chi connectivity index (χ2n) is 11.1. The summed E-state index contributed by atoms with van der Waals surface area (Å²) in [6.07, 6.45) is 7.33. The summed E-state index contributed by atoms with van der Waals surface area (Å²) in [4.78, 5) is 0. The van der Waals surface area contributed by atoms with Crippen LogP contribution in [0.3, 0.4) is 0 Å². The van der Waals surface area contributed by atoms with Crippen LogP contribution in [0.15, 0.2) is 120 Å². The van der Waals surface area contributed by atoms with Gasteiger partial charge in [-0.1, -0.05) is 96.8 Å². The van der Waals surface area contributed by atoms with Crippen molar-refractivity contribution in [2.75, 3.05) is 0 Å². The minimum absolute atomic E-state index is 0.385. The highest BCUT2D eigenvalue weighted by Crippen LogP contribution is 2.37. The Morgan fingerprint density at radius 2 is 1.38 bits per heavy atom. The molecule has 1 aliphatic carbocycles. The molecule has 9 rings (SSSR count). The van der Waals surface area contributed by atoms with Crippen molar-refractivity contribution in [3.8, 4) is 23.0 Å². The van der Waals surface area contributed by atoms with Gasteiger partial charge in [-0.15, -0.1) is 23.1 Å². The second-order valence-corrected chi connectivity index (χ2v) is 13.2. The van der Waals surface area contributed by atoms with Crippen molar-refractivity contribution in [3.63, 3.8) is 0 Å². The molecule has 0 radical (unpaired) electrons. The molecule has 0 amide bonds. The Balaban J connectivity index is 1.39. The zero-order chi connectivity index (χ0) is 27.6. The number of hydrogen-bond acceptors (Lipinski definition) is 2. The summed E-state index contributed by atoms with van der Waals surface area (Å²) in [7, 11) is 0. The summed E-state index contributed by atoms with van der Waals surface area (Å²) in [5.41, 5.74) is 4.75. The van der Waals surface area contributed by atoms with Crippen molar-refractivity contribution in [1.29, 1.82) is 0 Å². The van der Waals surface area contributed by atoms with Crippen LogP contribution >= 0.6 is 23.1 Å². The first kappa shape index (κ1) is 24.1. The maximum atomic E-state index is 3.71. The molecule has 0 spiro atoms. The first-order valence-corrected chi connectivity index (χ1v) is 16.1. The number of thioether (sulfide) groups is 1. The van der Waals surface area contributed by atoms with E-state index in [1.54, 1.807) is 11.3 Å². The van der Waals surface area contributed by atoms with E-state index in [4.69, 9.17) is 0 Å². The topological polar surface area (TPSA) is 0 Å². The molecule has 0 saturated carbocycles. The van der Waals surface area contributed by atoms with Crippen molar-refractivity contribution in [2.24, 2.45) is 5.92 Å². The molecule has 6 aromatic carbocycles. The van der Waals surface area contributed by atoms with E-state index in [1.165, 1.54) is 64.0 Å². The van der Waals surface area contributed by atoms with Gasteiger partial charge in [0.15, 0.2) is 0 Å². The predicted octanol–water partition coefficient (Wildman–Crippen LogP) is 9.25. The van der Waals surface area contributed by atoms with Crippen molar-refractivity contribution < 1.29 is 0 Å². The van der Waals surface area contributed by atoms with Gasteiger partial charge in [0.25, 0.3) is 0 Å². The lowest BCUT2D eigenvalue weighted by Crippen LogP contribution is -2.37. The molecule has 0 saturated heterocycles. The highest BCUT2D eigenvalue weighted by atomic mass is 32.2. The predicted molar refractivity (Wildman–Crippen MR) is 184 cm³/mol. The third-order valence-electron chi connectivity index (χ3n) is 8.69. The third-order valence-corrected chi connectivity index (χ3v) is 10.6. The van der Waals surface area contributed by atoms with E-state index in [9.17, 15) is 0 Å². The fourth-order valence-corrected chi connectivity index (χ4v) is 8.43. The molecular weight excluding hydrogens is 545 g/mol. The fraction of sp³-hybridized carbons (Fsp3) is 0.0500. The van der Waals surface area contributed by atoms with Gasteiger partial charge < -0.3 is 0 Å². The quantitative estimate of drug-likeness (QED) is 0.178. The van der Waals surface area contributed by atoms with Crippen LogP contribution in [-0.4, -0.2) is 5.25 Å². The van der Waals surface area contributed by atoms with Crippen LogP contribution in [-0.2, 0) is 0 Å². The number of benzene rings is 6. The molecule has 2 atom stereocenters. The first-order valence-electron chi connectivity index (χ1n) is 14.3. The molecule has 0 fully saturated rings. The van der Waals surface area contributed by atoms with Crippen LogP contribution in [0.5, 0.6) is 0 Å². The average molecular weight is 569 g/mol. The molecule has 2 heterocycles. The molecule has 7 aromatic rings. The van der Waals surface area contributed by atoms with Gasteiger partial charge in [-0.2, -0.15) is 0 Å². The van der Waals surface area contributed by atoms with Gasteiger partial charge in [-0.3, -0.25) is 0 Å². The van der Waals surface area contributed by atoms with E-state index in [0.717, 1.165) is 11.1 Å². The first-order chi connectivity index (χ1) is 20.8. The molecule has 0 nitrogen and oxygen atoms in total. The van der Waals surface area contributed by atoms with E-state index in [1.807, 2.05) is 11.8 Å². The highest BCUT2D eigenvalue weighted by molar-refractivity contribution is 8.03. The van der Waals surface area contributed by atoms with Crippen LogP contribution in [0.25, 0.3) is 65.7 Å². The van der Waals surface area contributed by atoms with Gasteiger partial charge in [0.1, 0.15) is 0 Å². The number of fused-ring (bicyclic) bond motifs is 6. The molecule has 2 heteroatoms. The van der Waals surface area contributed by atoms with E-state index in [0.29, 0.717) is 11.2 Å². The van der Waals surface area contributed by atoms with Gasteiger partial charge in [-0.05, 0) is 101 Å². The van der Waals surface area contributed by atoms with Crippen molar-refractivity contribution in [2.45, 2.75) is 5.25 Å². The lowest BCUT2D eigenvalue weighted by Gasteiger charge is -2.20. The number of rotatable bonds is 1. The maximum absolute atomic E-state index is 3.71. The SMILES string of the molecule is C(#Cc1c2c(c(-c3ccc4ccccc4c3)c3cc4ccsc4cc13)=CC1SC=CC1C=2)c1ccc2ccccc2c1. The summed E-state index contributed by atoms with van der Waals surface area (Å²) in [5, 5.41) is 16.3.